The first-order valence-corrected chi connectivity index (χ1v) is 10.4. The van der Waals surface area contributed by atoms with Gasteiger partial charge < -0.3 is 4.90 Å². The fraction of sp³-hybridized carbons (Fsp3) is 0.524. The molecule has 0 radical (unpaired) electrons. The number of fused-ring (bicyclic) bond motifs is 2. The van der Waals surface area contributed by atoms with Crippen molar-refractivity contribution in [2.45, 2.75) is 51.9 Å². The van der Waals surface area contributed by atoms with Crippen LogP contribution in [0.4, 0.5) is 0 Å². The van der Waals surface area contributed by atoms with Gasteiger partial charge in [-0.15, -0.1) is 11.3 Å². The number of hydrogen-bond donors (Lipinski definition) is 0. The molecule has 1 aromatic heterocycles. The van der Waals surface area contributed by atoms with Crippen LogP contribution in [0.25, 0.3) is 10.1 Å². The minimum absolute atomic E-state index is 0.116. The van der Waals surface area contributed by atoms with E-state index < -0.39 is 0 Å². The first kappa shape index (κ1) is 16.8. The quantitative estimate of drug-likeness (QED) is 0.800. The van der Waals surface area contributed by atoms with E-state index in [1.807, 2.05) is 23.1 Å². The molecule has 4 rings (SSSR count). The highest BCUT2D eigenvalue weighted by molar-refractivity contribution is 7.18. The third kappa shape index (κ3) is 3.12. The zero-order chi connectivity index (χ0) is 17.4. The van der Waals surface area contributed by atoms with Gasteiger partial charge in [0.05, 0.1) is 0 Å². The van der Waals surface area contributed by atoms with E-state index in [0.29, 0.717) is 5.92 Å². The van der Waals surface area contributed by atoms with Crippen LogP contribution in [0.15, 0.2) is 23.0 Å². The molecule has 1 atom stereocenters. The SMILES string of the molecule is CCC1CCc2c(sc3cc(C(=O)N4CCCCC4)ccc3c2=O)C1. The Morgan fingerprint density at radius 2 is 2.04 bits per heavy atom. The number of nitrogens with zero attached hydrogens (tertiary/aromatic N) is 1. The summed E-state index contributed by atoms with van der Waals surface area (Å²) in [7, 11) is 0. The van der Waals surface area contributed by atoms with Crippen LogP contribution in [0.2, 0.25) is 0 Å². The lowest BCUT2D eigenvalue weighted by molar-refractivity contribution is 0.0724. The van der Waals surface area contributed by atoms with Gasteiger partial charge in [-0.3, -0.25) is 9.59 Å². The summed E-state index contributed by atoms with van der Waals surface area (Å²) in [6.45, 7) is 3.94. The molecule has 132 valence electrons. The Hall–Kier alpha value is -1.68. The molecule has 1 aliphatic carbocycles. The molecule has 0 spiro atoms. The van der Waals surface area contributed by atoms with Crippen molar-refractivity contribution in [3.63, 3.8) is 0 Å². The largest absolute Gasteiger partial charge is 0.339 e. The van der Waals surface area contributed by atoms with Crippen molar-refractivity contribution < 1.29 is 4.79 Å². The summed E-state index contributed by atoms with van der Waals surface area (Å²) in [4.78, 5) is 28.8. The molecule has 1 aromatic carbocycles. The number of benzene rings is 1. The van der Waals surface area contributed by atoms with Crippen molar-refractivity contribution in [3.05, 3.63) is 44.4 Å². The molecule has 1 amide bonds. The molecular formula is C21H25NO2S. The molecule has 1 saturated heterocycles. The van der Waals surface area contributed by atoms with Crippen LogP contribution < -0.4 is 5.43 Å². The topological polar surface area (TPSA) is 37.4 Å². The molecule has 2 heterocycles. The molecule has 25 heavy (non-hydrogen) atoms. The summed E-state index contributed by atoms with van der Waals surface area (Å²) in [6, 6.07) is 5.67. The molecular weight excluding hydrogens is 330 g/mol. The normalized spacial score (nSPS) is 20.5. The summed E-state index contributed by atoms with van der Waals surface area (Å²) in [5, 5.41) is 0.786. The third-order valence-electron chi connectivity index (χ3n) is 5.81. The number of carbonyl (C=O) groups excluding carboxylic acids is 1. The molecule has 0 N–H and O–H groups in total. The van der Waals surface area contributed by atoms with Gasteiger partial charge in [-0.1, -0.05) is 13.3 Å². The highest BCUT2D eigenvalue weighted by atomic mass is 32.1. The highest BCUT2D eigenvalue weighted by Crippen LogP contribution is 2.32. The summed E-state index contributed by atoms with van der Waals surface area (Å²) in [5.41, 5.74) is 1.94. The maximum absolute atomic E-state index is 12.9. The van der Waals surface area contributed by atoms with Gasteiger partial charge in [0.15, 0.2) is 5.43 Å². The van der Waals surface area contributed by atoms with E-state index in [2.05, 4.69) is 6.92 Å². The van der Waals surface area contributed by atoms with Crippen molar-refractivity contribution in [2.75, 3.05) is 13.1 Å². The minimum atomic E-state index is 0.116. The monoisotopic (exact) mass is 355 g/mol. The molecule has 1 fully saturated rings. The van der Waals surface area contributed by atoms with Crippen LogP contribution in [-0.2, 0) is 12.8 Å². The van der Waals surface area contributed by atoms with Gasteiger partial charge in [0.1, 0.15) is 0 Å². The molecule has 0 saturated carbocycles. The number of rotatable bonds is 2. The van der Waals surface area contributed by atoms with Gasteiger partial charge in [0, 0.05) is 39.2 Å². The van der Waals surface area contributed by atoms with Gasteiger partial charge in [-0.2, -0.15) is 0 Å². The maximum atomic E-state index is 12.9. The predicted molar refractivity (Wildman–Crippen MR) is 104 cm³/mol. The average molecular weight is 356 g/mol. The Morgan fingerprint density at radius 3 is 2.80 bits per heavy atom. The Bertz CT molecular complexity index is 864. The molecule has 3 nitrogen and oxygen atoms in total. The van der Waals surface area contributed by atoms with Crippen LogP contribution in [0.1, 0.15) is 59.8 Å². The predicted octanol–water partition coefficient (Wildman–Crippen LogP) is 4.40. The van der Waals surface area contributed by atoms with Gasteiger partial charge in [-0.05, 0) is 62.6 Å². The van der Waals surface area contributed by atoms with E-state index in [9.17, 15) is 9.59 Å². The van der Waals surface area contributed by atoms with E-state index in [1.165, 1.54) is 17.7 Å². The maximum Gasteiger partial charge on any atom is 0.253 e. The fourth-order valence-electron chi connectivity index (χ4n) is 4.17. The minimum Gasteiger partial charge on any atom is -0.339 e. The Morgan fingerprint density at radius 1 is 1.24 bits per heavy atom. The van der Waals surface area contributed by atoms with Crippen molar-refractivity contribution in [1.82, 2.24) is 4.90 Å². The zero-order valence-electron chi connectivity index (χ0n) is 14.8. The first-order chi connectivity index (χ1) is 12.2. The first-order valence-electron chi connectivity index (χ1n) is 9.55. The Balaban J connectivity index is 1.73. The number of amides is 1. The van der Waals surface area contributed by atoms with Crippen LogP contribution in [0, 0.1) is 5.92 Å². The lowest BCUT2D eigenvalue weighted by Gasteiger charge is -2.27. The zero-order valence-corrected chi connectivity index (χ0v) is 15.7. The van der Waals surface area contributed by atoms with E-state index in [-0.39, 0.29) is 11.3 Å². The smallest absolute Gasteiger partial charge is 0.253 e. The summed E-state index contributed by atoms with van der Waals surface area (Å²) in [5.74, 6) is 0.809. The molecule has 4 heteroatoms. The highest BCUT2D eigenvalue weighted by Gasteiger charge is 2.23. The second-order valence-corrected chi connectivity index (χ2v) is 8.55. The van der Waals surface area contributed by atoms with Crippen LogP contribution >= 0.6 is 11.3 Å². The Kier molecular flexibility index (Phi) is 4.63. The molecule has 1 aliphatic heterocycles. The van der Waals surface area contributed by atoms with Gasteiger partial charge in [0.25, 0.3) is 5.91 Å². The summed E-state index contributed by atoms with van der Waals surface area (Å²) < 4.78 is 0.975. The summed E-state index contributed by atoms with van der Waals surface area (Å²) >= 11 is 1.73. The van der Waals surface area contributed by atoms with Crippen LogP contribution in [0.3, 0.4) is 0 Å². The van der Waals surface area contributed by atoms with Crippen molar-refractivity contribution >= 4 is 27.3 Å². The summed E-state index contributed by atoms with van der Waals surface area (Å²) in [6.07, 6.45) is 7.64. The molecule has 1 unspecified atom stereocenters. The molecule has 2 aromatic rings. The molecule has 0 bridgehead atoms. The average Bonchev–Trinajstić information content (AvgIpc) is 2.67. The second-order valence-electron chi connectivity index (χ2n) is 7.41. The van der Waals surface area contributed by atoms with Crippen molar-refractivity contribution in [2.24, 2.45) is 5.92 Å². The number of likely N-dealkylation sites (tertiary alicyclic amines) is 1. The lowest BCUT2D eigenvalue weighted by atomic mass is 9.86. The van der Waals surface area contributed by atoms with Crippen molar-refractivity contribution in [3.8, 4) is 0 Å². The Labute approximate surface area is 152 Å². The molecule has 2 aliphatic rings. The fourth-order valence-corrected chi connectivity index (χ4v) is 5.53. The van der Waals surface area contributed by atoms with Crippen LogP contribution in [0.5, 0.6) is 0 Å². The van der Waals surface area contributed by atoms with Gasteiger partial charge in [0.2, 0.25) is 0 Å². The van der Waals surface area contributed by atoms with Crippen molar-refractivity contribution in [1.29, 1.82) is 0 Å². The standard InChI is InChI=1S/C21H25NO2S/c1-2-14-6-8-16-18(12-14)25-19-13-15(7-9-17(19)20(16)23)21(24)22-10-4-3-5-11-22/h7,9,13-14H,2-6,8,10-12H2,1H3. The van der Waals surface area contributed by atoms with E-state index in [0.717, 1.165) is 66.4 Å². The van der Waals surface area contributed by atoms with Gasteiger partial charge >= 0.3 is 0 Å². The third-order valence-corrected chi connectivity index (χ3v) is 7.03. The number of piperidine rings is 1. The second kappa shape index (κ2) is 6.91. The van der Waals surface area contributed by atoms with Crippen LogP contribution in [-0.4, -0.2) is 23.9 Å². The van der Waals surface area contributed by atoms with Gasteiger partial charge in [-0.25, -0.2) is 0 Å². The lowest BCUT2D eigenvalue weighted by Crippen LogP contribution is -2.35. The van der Waals surface area contributed by atoms with E-state index >= 15 is 0 Å². The number of carbonyl (C=O) groups is 1. The number of hydrogen-bond acceptors (Lipinski definition) is 3. The van der Waals surface area contributed by atoms with E-state index in [1.54, 1.807) is 11.3 Å². The van der Waals surface area contributed by atoms with E-state index in [4.69, 9.17) is 0 Å².